The van der Waals surface area contributed by atoms with E-state index in [4.69, 9.17) is 11.5 Å². The number of aryl methyl sites for hydroxylation is 1. The van der Waals surface area contributed by atoms with Crippen molar-refractivity contribution in [2.75, 3.05) is 28.9 Å². The maximum absolute atomic E-state index is 12.0. The quantitative estimate of drug-likeness (QED) is 0.756. The van der Waals surface area contributed by atoms with E-state index >= 15 is 0 Å². The standard InChI is InChI=1S/C11H17N3O2S/c1-8-6-10(13)7-9-2-4-14(11(8)9)17(15,16)5-3-12/h6-7H,2-5,12-13H2,1H3. The van der Waals surface area contributed by atoms with Crippen molar-refractivity contribution in [2.24, 2.45) is 5.73 Å². The van der Waals surface area contributed by atoms with Gasteiger partial charge in [0.15, 0.2) is 0 Å². The third-order valence-electron chi connectivity index (χ3n) is 2.95. The molecule has 1 aromatic rings. The van der Waals surface area contributed by atoms with Gasteiger partial charge in [-0.2, -0.15) is 0 Å². The van der Waals surface area contributed by atoms with Crippen LogP contribution in [-0.2, 0) is 16.4 Å². The van der Waals surface area contributed by atoms with Crippen molar-refractivity contribution in [2.45, 2.75) is 13.3 Å². The summed E-state index contributed by atoms with van der Waals surface area (Å²) in [6.45, 7) is 2.51. The summed E-state index contributed by atoms with van der Waals surface area (Å²) in [5, 5.41) is 0. The molecular formula is C11H17N3O2S. The van der Waals surface area contributed by atoms with Crippen molar-refractivity contribution >= 4 is 21.4 Å². The Balaban J connectivity index is 2.47. The van der Waals surface area contributed by atoms with Crippen LogP contribution in [0.5, 0.6) is 0 Å². The van der Waals surface area contributed by atoms with Gasteiger partial charge in [0.25, 0.3) is 0 Å². The number of nitrogen functional groups attached to an aromatic ring is 1. The molecule has 0 amide bonds. The molecule has 0 bridgehead atoms. The lowest BCUT2D eigenvalue weighted by molar-refractivity contribution is 0.592. The molecule has 0 aliphatic carbocycles. The minimum absolute atomic E-state index is 0.0176. The Kier molecular flexibility index (Phi) is 3.01. The molecule has 0 fully saturated rings. The number of rotatable bonds is 3. The molecular weight excluding hydrogens is 238 g/mol. The molecule has 5 nitrogen and oxygen atoms in total. The first-order valence-electron chi connectivity index (χ1n) is 5.55. The van der Waals surface area contributed by atoms with Crippen LogP contribution in [0.4, 0.5) is 11.4 Å². The zero-order chi connectivity index (χ0) is 12.6. The summed E-state index contributed by atoms with van der Waals surface area (Å²) < 4.78 is 25.6. The molecule has 1 aliphatic rings. The number of hydrogen-bond donors (Lipinski definition) is 2. The highest BCUT2D eigenvalue weighted by atomic mass is 32.2. The average Bonchev–Trinajstić information content (AvgIpc) is 2.61. The number of fused-ring (bicyclic) bond motifs is 1. The summed E-state index contributed by atoms with van der Waals surface area (Å²) in [6, 6.07) is 3.65. The molecule has 0 aromatic heterocycles. The molecule has 0 radical (unpaired) electrons. The van der Waals surface area contributed by atoms with Gasteiger partial charge in [-0.15, -0.1) is 0 Å². The number of sulfonamides is 1. The fraction of sp³-hybridized carbons (Fsp3) is 0.455. The molecule has 1 aliphatic heterocycles. The van der Waals surface area contributed by atoms with E-state index in [0.717, 1.165) is 16.8 Å². The Hall–Kier alpha value is -1.27. The first kappa shape index (κ1) is 12.2. The van der Waals surface area contributed by atoms with Crippen LogP contribution >= 0.6 is 0 Å². The van der Waals surface area contributed by atoms with Crippen molar-refractivity contribution in [1.29, 1.82) is 0 Å². The molecule has 0 atom stereocenters. The van der Waals surface area contributed by atoms with Crippen LogP contribution in [0.25, 0.3) is 0 Å². The second kappa shape index (κ2) is 4.19. The fourth-order valence-corrected chi connectivity index (χ4v) is 3.73. The zero-order valence-corrected chi connectivity index (χ0v) is 10.6. The minimum Gasteiger partial charge on any atom is -0.399 e. The molecule has 0 saturated carbocycles. The molecule has 4 N–H and O–H groups in total. The molecule has 1 aromatic carbocycles. The Morgan fingerprint density at radius 2 is 2.12 bits per heavy atom. The van der Waals surface area contributed by atoms with Crippen molar-refractivity contribution < 1.29 is 8.42 Å². The summed E-state index contributed by atoms with van der Waals surface area (Å²) in [5.41, 5.74) is 14.5. The molecule has 94 valence electrons. The Morgan fingerprint density at radius 3 is 2.76 bits per heavy atom. The first-order chi connectivity index (χ1) is 7.95. The SMILES string of the molecule is Cc1cc(N)cc2c1N(S(=O)(=O)CCN)CC2. The maximum Gasteiger partial charge on any atom is 0.236 e. The van der Waals surface area contributed by atoms with Crippen LogP contribution < -0.4 is 15.8 Å². The van der Waals surface area contributed by atoms with E-state index in [1.807, 2.05) is 13.0 Å². The van der Waals surface area contributed by atoms with Crippen LogP contribution in [0, 0.1) is 6.92 Å². The average molecular weight is 255 g/mol. The van der Waals surface area contributed by atoms with Crippen molar-refractivity contribution in [1.82, 2.24) is 0 Å². The monoisotopic (exact) mass is 255 g/mol. The van der Waals surface area contributed by atoms with Crippen molar-refractivity contribution in [3.05, 3.63) is 23.3 Å². The third kappa shape index (κ3) is 2.10. The van der Waals surface area contributed by atoms with E-state index in [2.05, 4.69) is 0 Å². The molecule has 0 spiro atoms. The van der Waals surface area contributed by atoms with Gasteiger partial charge in [-0.25, -0.2) is 8.42 Å². The lowest BCUT2D eigenvalue weighted by atomic mass is 10.1. The topological polar surface area (TPSA) is 89.4 Å². The van der Waals surface area contributed by atoms with Gasteiger partial charge in [0, 0.05) is 18.8 Å². The summed E-state index contributed by atoms with van der Waals surface area (Å²) in [6.07, 6.45) is 0.713. The largest absolute Gasteiger partial charge is 0.399 e. The normalized spacial score (nSPS) is 15.1. The van der Waals surface area contributed by atoms with Crippen LogP contribution in [0.2, 0.25) is 0 Å². The summed E-state index contributed by atoms with van der Waals surface area (Å²) in [7, 11) is -3.29. The molecule has 0 saturated heterocycles. The van der Waals surface area contributed by atoms with Crippen molar-refractivity contribution in [3.8, 4) is 0 Å². The number of nitrogens with zero attached hydrogens (tertiary/aromatic N) is 1. The van der Waals surface area contributed by atoms with Crippen LogP contribution in [-0.4, -0.2) is 27.3 Å². The Labute approximate surface area is 101 Å². The van der Waals surface area contributed by atoms with Gasteiger partial charge >= 0.3 is 0 Å². The highest BCUT2D eigenvalue weighted by molar-refractivity contribution is 7.92. The van der Waals surface area contributed by atoms with Crippen LogP contribution in [0.3, 0.4) is 0 Å². The van der Waals surface area contributed by atoms with Gasteiger partial charge in [0.2, 0.25) is 10.0 Å². The molecule has 1 heterocycles. The Morgan fingerprint density at radius 1 is 1.41 bits per heavy atom. The molecule has 2 rings (SSSR count). The van der Waals surface area contributed by atoms with E-state index in [9.17, 15) is 8.42 Å². The zero-order valence-electron chi connectivity index (χ0n) is 9.81. The highest BCUT2D eigenvalue weighted by Gasteiger charge is 2.30. The summed E-state index contributed by atoms with van der Waals surface area (Å²) >= 11 is 0. The summed E-state index contributed by atoms with van der Waals surface area (Å²) in [5.74, 6) is -0.0176. The minimum atomic E-state index is -3.29. The second-order valence-electron chi connectivity index (χ2n) is 4.27. The van der Waals surface area contributed by atoms with Gasteiger partial charge in [-0.05, 0) is 36.6 Å². The van der Waals surface area contributed by atoms with Gasteiger partial charge in [-0.3, -0.25) is 4.31 Å². The highest BCUT2D eigenvalue weighted by Crippen LogP contribution is 2.35. The Bertz CT molecular complexity index is 540. The first-order valence-corrected chi connectivity index (χ1v) is 7.16. The third-order valence-corrected chi connectivity index (χ3v) is 4.74. The van der Waals surface area contributed by atoms with Crippen LogP contribution in [0.15, 0.2) is 12.1 Å². The van der Waals surface area contributed by atoms with Crippen LogP contribution in [0.1, 0.15) is 11.1 Å². The lowest BCUT2D eigenvalue weighted by Crippen LogP contribution is -2.34. The van der Waals surface area contributed by atoms with E-state index < -0.39 is 10.0 Å². The molecule has 0 unspecified atom stereocenters. The predicted molar refractivity (Wildman–Crippen MR) is 69.5 cm³/mol. The second-order valence-corrected chi connectivity index (χ2v) is 6.29. The lowest BCUT2D eigenvalue weighted by Gasteiger charge is -2.21. The summed E-state index contributed by atoms with van der Waals surface area (Å²) in [4.78, 5) is 0. The number of benzene rings is 1. The molecule has 6 heteroatoms. The maximum atomic E-state index is 12.0. The van der Waals surface area contributed by atoms with E-state index in [1.54, 1.807) is 6.07 Å². The van der Waals surface area contributed by atoms with Gasteiger partial charge < -0.3 is 11.5 Å². The van der Waals surface area contributed by atoms with E-state index in [0.29, 0.717) is 18.7 Å². The van der Waals surface area contributed by atoms with Gasteiger partial charge in [0.05, 0.1) is 11.4 Å². The van der Waals surface area contributed by atoms with E-state index in [-0.39, 0.29) is 12.3 Å². The smallest absolute Gasteiger partial charge is 0.236 e. The van der Waals surface area contributed by atoms with Gasteiger partial charge in [0.1, 0.15) is 0 Å². The number of anilines is 2. The van der Waals surface area contributed by atoms with Crippen molar-refractivity contribution in [3.63, 3.8) is 0 Å². The number of hydrogen-bond acceptors (Lipinski definition) is 4. The number of nitrogens with two attached hydrogens (primary N) is 2. The molecule has 17 heavy (non-hydrogen) atoms. The van der Waals surface area contributed by atoms with E-state index in [1.165, 1.54) is 4.31 Å². The van der Waals surface area contributed by atoms with Gasteiger partial charge in [-0.1, -0.05) is 0 Å². The fourth-order valence-electron chi connectivity index (χ4n) is 2.30. The predicted octanol–water partition coefficient (Wildman–Crippen LogP) is 0.228.